The molecule has 116 valence electrons. The van der Waals surface area contributed by atoms with Gasteiger partial charge in [0, 0.05) is 18.7 Å². The fourth-order valence-electron chi connectivity index (χ4n) is 2.71. The first-order valence-electron chi connectivity index (χ1n) is 7.36. The molecular formula is C18H22N2O2. The number of nitrogens with zero attached hydrogens (tertiary/aromatic N) is 1. The van der Waals surface area contributed by atoms with E-state index in [0.717, 1.165) is 5.56 Å². The van der Waals surface area contributed by atoms with E-state index in [1.807, 2.05) is 0 Å². The number of carbonyl (C=O) groups is 1. The summed E-state index contributed by atoms with van der Waals surface area (Å²) >= 11 is 0. The number of rotatable bonds is 3. The number of hydrogen-bond acceptors (Lipinski definition) is 2. The van der Waals surface area contributed by atoms with Gasteiger partial charge in [-0.3, -0.25) is 4.79 Å². The molecule has 4 nitrogen and oxygen atoms in total. The summed E-state index contributed by atoms with van der Waals surface area (Å²) in [6, 6.07) is 4.80. The van der Waals surface area contributed by atoms with Crippen LogP contribution in [0.2, 0.25) is 0 Å². The van der Waals surface area contributed by atoms with Crippen molar-refractivity contribution in [1.29, 1.82) is 0 Å². The minimum atomic E-state index is -0.356. The Morgan fingerprint density at radius 1 is 1.00 bits per heavy atom. The molecule has 4 heteroatoms. The quantitative estimate of drug-likeness (QED) is 0.700. The zero-order valence-corrected chi connectivity index (χ0v) is 13.8. The molecule has 0 aliphatic carbocycles. The predicted molar refractivity (Wildman–Crippen MR) is 86.7 cm³/mol. The average molecular weight is 298 g/mol. The van der Waals surface area contributed by atoms with Gasteiger partial charge in [0.25, 0.3) is 5.69 Å². The Hall–Kier alpha value is -2.36. The number of nitrogens with one attached hydrogen (secondary N) is 1. The van der Waals surface area contributed by atoms with E-state index in [0.29, 0.717) is 11.3 Å². The van der Waals surface area contributed by atoms with E-state index in [-0.39, 0.29) is 11.6 Å². The lowest BCUT2D eigenvalue weighted by Gasteiger charge is -2.19. The fourth-order valence-corrected chi connectivity index (χ4v) is 2.71. The number of benzene rings is 1. The normalized spacial score (nSPS) is 10.6. The number of carbonyl (C=O) groups excluding carboxylic acids is 1. The molecule has 22 heavy (non-hydrogen) atoms. The summed E-state index contributed by atoms with van der Waals surface area (Å²) in [6.07, 6.45) is 1.32. The Balaban J connectivity index is 2.26. The summed E-state index contributed by atoms with van der Waals surface area (Å²) < 4.78 is 0.584. The highest BCUT2D eigenvalue weighted by Crippen LogP contribution is 2.25. The topological polar surface area (TPSA) is 56.0 Å². The van der Waals surface area contributed by atoms with Gasteiger partial charge in [-0.1, -0.05) is 0 Å². The molecule has 0 spiro atoms. The second-order valence-electron chi connectivity index (χ2n) is 5.70. The Morgan fingerprint density at radius 2 is 1.55 bits per heavy atom. The first kappa shape index (κ1) is 16.0. The van der Waals surface area contributed by atoms with Crippen LogP contribution in [-0.2, 0) is 6.54 Å². The molecule has 0 unspecified atom stereocenters. The Labute approximate surface area is 131 Å². The molecule has 2 rings (SSSR count). The average Bonchev–Trinajstić information content (AvgIpc) is 2.51. The van der Waals surface area contributed by atoms with Gasteiger partial charge in [0.05, 0.1) is 0 Å². The maximum absolute atomic E-state index is 12.2. The van der Waals surface area contributed by atoms with Crippen molar-refractivity contribution in [3.8, 4) is 0 Å². The molecular weight excluding hydrogens is 276 g/mol. The first-order chi connectivity index (χ1) is 10.3. The van der Waals surface area contributed by atoms with Gasteiger partial charge in [0.15, 0.2) is 6.20 Å². The van der Waals surface area contributed by atoms with E-state index in [9.17, 15) is 10.0 Å². The van der Waals surface area contributed by atoms with Gasteiger partial charge in [-0.15, -0.1) is 0 Å². The molecule has 0 aliphatic rings. The van der Waals surface area contributed by atoms with Crippen LogP contribution in [0.4, 0.5) is 0 Å². The van der Waals surface area contributed by atoms with E-state index in [1.54, 1.807) is 12.1 Å². The van der Waals surface area contributed by atoms with E-state index in [1.165, 1.54) is 40.1 Å². The highest BCUT2D eigenvalue weighted by atomic mass is 16.5. The minimum absolute atomic E-state index is 0.110. The summed E-state index contributed by atoms with van der Waals surface area (Å²) in [5.74, 6) is -0.356. The molecule has 1 aromatic heterocycles. The summed E-state index contributed by atoms with van der Waals surface area (Å²) in [7, 11) is 0. The molecule has 1 amide bonds. The Morgan fingerprint density at radius 3 is 2.09 bits per heavy atom. The summed E-state index contributed by atoms with van der Waals surface area (Å²) in [6.45, 7) is 10.9. The van der Waals surface area contributed by atoms with Gasteiger partial charge in [0.1, 0.15) is 0 Å². The van der Waals surface area contributed by atoms with Crippen LogP contribution in [0.25, 0.3) is 0 Å². The second-order valence-corrected chi connectivity index (χ2v) is 5.70. The third-order valence-electron chi connectivity index (χ3n) is 4.64. The van der Waals surface area contributed by atoms with Gasteiger partial charge in [0.2, 0.25) is 0 Å². The molecule has 0 fully saturated rings. The van der Waals surface area contributed by atoms with Gasteiger partial charge < -0.3 is 10.5 Å². The van der Waals surface area contributed by atoms with Crippen molar-refractivity contribution >= 4 is 5.91 Å². The molecule has 0 radical (unpaired) electrons. The van der Waals surface area contributed by atoms with Crippen molar-refractivity contribution in [1.82, 2.24) is 5.32 Å². The van der Waals surface area contributed by atoms with Crippen molar-refractivity contribution in [3.05, 3.63) is 68.7 Å². The third-order valence-corrected chi connectivity index (χ3v) is 4.64. The lowest BCUT2D eigenvalue weighted by atomic mass is 9.89. The number of pyridine rings is 1. The number of hydrogen-bond donors (Lipinski definition) is 1. The second kappa shape index (κ2) is 6.18. The van der Waals surface area contributed by atoms with Crippen LogP contribution in [0.5, 0.6) is 0 Å². The van der Waals surface area contributed by atoms with Gasteiger partial charge in [-0.2, -0.15) is 4.73 Å². The number of aromatic nitrogens is 1. The zero-order valence-electron chi connectivity index (χ0n) is 13.8. The van der Waals surface area contributed by atoms with Gasteiger partial charge in [-0.05, 0) is 74.1 Å². The maximum Gasteiger partial charge on any atom is 0.317 e. The monoisotopic (exact) mass is 298 g/mol. The van der Waals surface area contributed by atoms with Crippen molar-refractivity contribution in [2.24, 2.45) is 0 Å². The van der Waals surface area contributed by atoms with Crippen molar-refractivity contribution in [2.45, 2.75) is 41.2 Å². The molecule has 2 aromatic rings. The zero-order chi connectivity index (χ0) is 16.4. The molecule has 0 bridgehead atoms. The van der Waals surface area contributed by atoms with Gasteiger partial charge >= 0.3 is 5.91 Å². The first-order valence-corrected chi connectivity index (χ1v) is 7.36. The highest BCUT2D eigenvalue weighted by molar-refractivity contribution is 5.90. The molecule has 1 heterocycles. The van der Waals surface area contributed by atoms with Crippen LogP contribution in [0.3, 0.4) is 0 Å². The highest BCUT2D eigenvalue weighted by Gasteiger charge is 2.17. The standard InChI is InChI=1S/C18H22N2O2/c1-11-12(2)14(4)16(15(5)13(11)3)10-19-18(21)17-8-6-7-9-20(17)22/h6-9H,10H2,1-5H3,(H,19,21). The van der Waals surface area contributed by atoms with Crippen molar-refractivity contribution in [3.63, 3.8) is 0 Å². The van der Waals surface area contributed by atoms with Crippen molar-refractivity contribution in [2.75, 3.05) is 0 Å². The van der Waals surface area contributed by atoms with Crippen LogP contribution < -0.4 is 10.0 Å². The van der Waals surface area contributed by atoms with E-state index >= 15 is 0 Å². The third kappa shape index (κ3) is 2.82. The molecule has 1 aromatic carbocycles. The SMILES string of the molecule is Cc1c(C)c(C)c(CNC(=O)c2cccc[n+]2[O-])c(C)c1C. The molecule has 0 atom stereocenters. The maximum atomic E-state index is 12.2. The smallest absolute Gasteiger partial charge is 0.317 e. The van der Waals surface area contributed by atoms with Gasteiger partial charge in [-0.25, -0.2) is 0 Å². The largest absolute Gasteiger partial charge is 0.618 e. The van der Waals surface area contributed by atoms with E-state index in [2.05, 4.69) is 39.9 Å². The summed E-state index contributed by atoms with van der Waals surface area (Å²) in [5, 5.41) is 14.5. The molecule has 0 aliphatic heterocycles. The molecule has 0 saturated carbocycles. The van der Waals surface area contributed by atoms with Crippen molar-refractivity contribution < 1.29 is 9.52 Å². The molecule has 0 saturated heterocycles. The Bertz CT molecular complexity index is 707. The van der Waals surface area contributed by atoms with Crippen LogP contribution in [-0.4, -0.2) is 5.91 Å². The van der Waals surface area contributed by atoms with E-state index in [4.69, 9.17) is 0 Å². The molecule has 1 N–H and O–H groups in total. The van der Waals surface area contributed by atoms with Crippen LogP contribution >= 0.6 is 0 Å². The van der Waals surface area contributed by atoms with Crippen LogP contribution in [0.15, 0.2) is 24.4 Å². The number of amides is 1. The Kier molecular flexibility index (Phi) is 4.50. The fraction of sp³-hybridized carbons (Fsp3) is 0.333. The van der Waals surface area contributed by atoms with Crippen LogP contribution in [0, 0.1) is 39.8 Å². The summed E-state index contributed by atoms with van der Waals surface area (Å²) in [5.41, 5.74) is 7.44. The van der Waals surface area contributed by atoms with E-state index < -0.39 is 0 Å². The lowest BCUT2D eigenvalue weighted by Crippen LogP contribution is -2.39. The summed E-state index contributed by atoms with van der Waals surface area (Å²) in [4.78, 5) is 12.2. The van der Waals surface area contributed by atoms with Crippen LogP contribution in [0.1, 0.15) is 43.9 Å². The minimum Gasteiger partial charge on any atom is -0.618 e. The predicted octanol–water partition coefficient (Wildman–Crippen LogP) is 2.79. The lowest BCUT2D eigenvalue weighted by molar-refractivity contribution is -0.607.